The summed E-state index contributed by atoms with van der Waals surface area (Å²) in [5.74, 6) is 0.749. The summed E-state index contributed by atoms with van der Waals surface area (Å²) in [4.78, 5) is 8.68. The van der Waals surface area contributed by atoms with Gasteiger partial charge in [0.25, 0.3) is 0 Å². The van der Waals surface area contributed by atoms with Crippen LogP contribution < -0.4 is 0 Å². The van der Waals surface area contributed by atoms with Gasteiger partial charge in [-0.15, -0.1) is 0 Å². The molecule has 0 aliphatic carbocycles. The van der Waals surface area contributed by atoms with Crippen LogP contribution in [0.2, 0.25) is 5.02 Å². The Balaban J connectivity index is 2.20. The van der Waals surface area contributed by atoms with Gasteiger partial charge < -0.3 is 5.11 Å². The third-order valence-corrected chi connectivity index (χ3v) is 3.04. The summed E-state index contributed by atoms with van der Waals surface area (Å²) in [5, 5.41) is 10.2. The number of aryl methyl sites for hydroxylation is 1. The Labute approximate surface area is 111 Å². The highest BCUT2D eigenvalue weighted by Gasteiger charge is 2.08. The Bertz CT molecular complexity index is 538. The molecule has 0 spiro atoms. The zero-order valence-corrected chi connectivity index (χ0v) is 11.1. The fourth-order valence-electron chi connectivity index (χ4n) is 1.80. The van der Waals surface area contributed by atoms with Crippen LogP contribution in [0.1, 0.15) is 35.7 Å². The number of rotatable bonds is 3. The number of hydrogen-bond donors (Lipinski definition) is 1. The van der Waals surface area contributed by atoms with Crippen LogP contribution in [-0.2, 0) is 6.42 Å². The summed E-state index contributed by atoms with van der Waals surface area (Å²) in [6.07, 6.45) is 1.82. The van der Waals surface area contributed by atoms with Crippen LogP contribution in [0.3, 0.4) is 0 Å². The molecule has 18 heavy (non-hydrogen) atoms. The van der Waals surface area contributed by atoms with Crippen molar-refractivity contribution >= 4 is 11.6 Å². The first-order valence-electron chi connectivity index (χ1n) is 5.81. The molecule has 3 nitrogen and oxygen atoms in total. The average molecular weight is 263 g/mol. The molecular formula is C14H15ClN2O. The third-order valence-electron chi connectivity index (χ3n) is 2.79. The third kappa shape index (κ3) is 3.06. The van der Waals surface area contributed by atoms with Crippen molar-refractivity contribution in [3.8, 4) is 0 Å². The summed E-state index contributed by atoms with van der Waals surface area (Å²) in [7, 11) is 0. The number of nitrogens with zero attached hydrogens (tertiary/aromatic N) is 2. The van der Waals surface area contributed by atoms with Crippen molar-refractivity contribution in [3.05, 3.63) is 58.1 Å². The molecule has 1 heterocycles. The molecule has 1 atom stereocenters. The Morgan fingerprint density at radius 1 is 1.28 bits per heavy atom. The molecule has 0 saturated heterocycles. The van der Waals surface area contributed by atoms with E-state index in [0.717, 1.165) is 27.7 Å². The van der Waals surface area contributed by atoms with Crippen molar-refractivity contribution in [3.63, 3.8) is 0 Å². The second-order valence-corrected chi connectivity index (χ2v) is 4.74. The van der Waals surface area contributed by atoms with Crippen molar-refractivity contribution in [2.24, 2.45) is 0 Å². The van der Waals surface area contributed by atoms with E-state index in [1.165, 1.54) is 0 Å². The highest BCUT2D eigenvalue weighted by atomic mass is 35.5. The van der Waals surface area contributed by atoms with Crippen LogP contribution in [0.5, 0.6) is 0 Å². The lowest BCUT2D eigenvalue weighted by Gasteiger charge is -2.09. The van der Waals surface area contributed by atoms with Gasteiger partial charge in [0.05, 0.1) is 6.10 Å². The van der Waals surface area contributed by atoms with Gasteiger partial charge >= 0.3 is 0 Å². The number of aliphatic hydroxyl groups excluding tert-OH is 1. The predicted octanol–water partition coefficient (Wildman–Crippen LogP) is 3.08. The van der Waals surface area contributed by atoms with Gasteiger partial charge in [0, 0.05) is 28.9 Å². The molecule has 1 unspecified atom stereocenters. The molecule has 1 aromatic heterocycles. The topological polar surface area (TPSA) is 46.0 Å². The molecule has 1 N–H and O–H groups in total. The molecule has 2 aromatic rings. The van der Waals surface area contributed by atoms with Gasteiger partial charge in [-0.3, -0.25) is 0 Å². The Hall–Kier alpha value is -1.45. The quantitative estimate of drug-likeness (QED) is 0.925. The minimum Gasteiger partial charge on any atom is -0.389 e. The first-order chi connectivity index (χ1) is 8.56. The van der Waals surface area contributed by atoms with Crippen molar-refractivity contribution in [2.45, 2.75) is 26.4 Å². The van der Waals surface area contributed by atoms with E-state index in [1.54, 1.807) is 13.1 Å². The highest BCUT2D eigenvalue weighted by Crippen LogP contribution is 2.16. The fraction of sp³-hybridized carbons (Fsp3) is 0.286. The van der Waals surface area contributed by atoms with Crippen molar-refractivity contribution in [2.75, 3.05) is 0 Å². The molecule has 2 rings (SSSR count). The summed E-state index contributed by atoms with van der Waals surface area (Å²) in [6, 6.07) is 7.63. The SMILES string of the molecule is Cc1nc(Cc2ccc(Cl)cc2)ncc1C(C)O. The summed E-state index contributed by atoms with van der Waals surface area (Å²) < 4.78 is 0. The van der Waals surface area contributed by atoms with Crippen molar-refractivity contribution in [1.29, 1.82) is 0 Å². The zero-order chi connectivity index (χ0) is 13.1. The first kappa shape index (κ1) is 13.0. The second kappa shape index (κ2) is 5.46. The van der Waals surface area contributed by atoms with Crippen LogP contribution >= 0.6 is 11.6 Å². The Morgan fingerprint density at radius 2 is 1.94 bits per heavy atom. The molecular weight excluding hydrogens is 248 g/mol. The summed E-state index contributed by atoms with van der Waals surface area (Å²) in [5.41, 5.74) is 2.71. The maximum absolute atomic E-state index is 9.52. The number of hydrogen-bond acceptors (Lipinski definition) is 3. The highest BCUT2D eigenvalue weighted by molar-refractivity contribution is 6.30. The fourth-order valence-corrected chi connectivity index (χ4v) is 1.93. The molecule has 0 fully saturated rings. The van der Waals surface area contributed by atoms with E-state index in [-0.39, 0.29) is 0 Å². The number of benzene rings is 1. The second-order valence-electron chi connectivity index (χ2n) is 4.31. The lowest BCUT2D eigenvalue weighted by atomic mass is 10.1. The smallest absolute Gasteiger partial charge is 0.132 e. The van der Waals surface area contributed by atoms with Gasteiger partial charge in [0.15, 0.2) is 0 Å². The zero-order valence-electron chi connectivity index (χ0n) is 10.4. The minimum atomic E-state index is -0.533. The van der Waals surface area contributed by atoms with E-state index in [2.05, 4.69) is 9.97 Å². The average Bonchev–Trinajstić information content (AvgIpc) is 2.32. The lowest BCUT2D eigenvalue weighted by molar-refractivity contribution is 0.197. The molecule has 4 heteroatoms. The molecule has 0 saturated carbocycles. The first-order valence-corrected chi connectivity index (χ1v) is 6.19. The molecule has 0 aliphatic rings. The lowest BCUT2D eigenvalue weighted by Crippen LogP contribution is -2.04. The Kier molecular flexibility index (Phi) is 3.94. The van der Waals surface area contributed by atoms with Gasteiger partial charge in [0.2, 0.25) is 0 Å². The van der Waals surface area contributed by atoms with Crippen LogP contribution in [0.25, 0.3) is 0 Å². The Morgan fingerprint density at radius 3 is 2.50 bits per heavy atom. The van der Waals surface area contributed by atoms with Gasteiger partial charge in [-0.1, -0.05) is 23.7 Å². The maximum Gasteiger partial charge on any atom is 0.132 e. The monoisotopic (exact) mass is 262 g/mol. The van der Waals surface area contributed by atoms with Gasteiger partial charge in [-0.2, -0.15) is 0 Å². The van der Waals surface area contributed by atoms with Crippen molar-refractivity contribution < 1.29 is 5.11 Å². The molecule has 0 bridgehead atoms. The molecule has 0 amide bonds. The van der Waals surface area contributed by atoms with Gasteiger partial charge in [-0.25, -0.2) is 9.97 Å². The van der Waals surface area contributed by atoms with E-state index >= 15 is 0 Å². The molecule has 1 aromatic carbocycles. The maximum atomic E-state index is 9.52. The summed E-state index contributed by atoms with van der Waals surface area (Å²) >= 11 is 5.84. The molecule has 0 aliphatic heterocycles. The number of aromatic nitrogens is 2. The normalized spacial score (nSPS) is 12.4. The number of halogens is 1. The van der Waals surface area contributed by atoms with Gasteiger partial charge in [-0.05, 0) is 31.5 Å². The van der Waals surface area contributed by atoms with Crippen molar-refractivity contribution in [1.82, 2.24) is 9.97 Å². The van der Waals surface area contributed by atoms with E-state index in [9.17, 15) is 5.11 Å². The standard InChI is InChI=1S/C14H15ClN2O/c1-9-13(10(2)18)8-16-14(17-9)7-11-3-5-12(15)6-4-11/h3-6,8,10,18H,7H2,1-2H3. The number of aliphatic hydroxyl groups is 1. The van der Waals surface area contributed by atoms with Crippen LogP contribution in [0.4, 0.5) is 0 Å². The predicted molar refractivity (Wildman–Crippen MR) is 71.7 cm³/mol. The van der Waals surface area contributed by atoms with E-state index < -0.39 is 6.10 Å². The van der Waals surface area contributed by atoms with Crippen LogP contribution in [0.15, 0.2) is 30.5 Å². The minimum absolute atomic E-state index is 0.533. The summed E-state index contributed by atoms with van der Waals surface area (Å²) in [6.45, 7) is 3.60. The molecule has 0 radical (unpaired) electrons. The van der Waals surface area contributed by atoms with Crippen LogP contribution in [-0.4, -0.2) is 15.1 Å². The molecule has 94 valence electrons. The largest absolute Gasteiger partial charge is 0.389 e. The van der Waals surface area contributed by atoms with E-state index in [0.29, 0.717) is 6.42 Å². The van der Waals surface area contributed by atoms with E-state index in [1.807, 2.05) is 31.2 Å². The van der Waals surface area contributed by atoms with Gasteiger partial charge in [0.1, 0.15) is 5.82 Å². The van der Waals surface area contributed by atoms with Crippen LogP contribution in [0, 0.1) is 6.92 Å². The van der Waals surface area contributed by atoms with E-state index in [4.69, 9.17) is 11.6 Å².